The van der Waals surface area contributed by atoms with Crippen LogP contribution in [0.1, 0.15) is 29.8 Å². The SMILES string of the molecule is COc1ccc2c(c1)C(=C(C)C)C(C(=O)O)N2C(=O)c1ccc(Cl)cc1. The second kappa shape index (κ2) is 6.84. The Morgan fingerprint density at radius 3 is 2.31 bits per heavy atom. The summed E-state index contributed by atoms with van der Waals surface area (Å²) in [6, 6.07) is 10.5. The smallest absolute Gasteiger partial charge is 0.331 e. The van der Waals surface area contributed by atoms with Crippen LogP contribution in [0.2, 0.25) is 5.02 Å². The average molecular weight is 372 g/mol. The van der Waals surface area contributed by atoms with Gasteiger partial charge in [-0.05, 0) is 61.9 Å². The topological polar surface area (TPSA) is 66.8 Å². The molecular weight excluding hydrogens is 354 g/mol. The van der Waals surface area contributed by atoms with E-state index in [-0.39, 0.29) is 0 Å². The average Bonchev–Trinajstić information content (AvgIpc) is 2.96. The number of aliphatic carboxylic acids is 1. The molecule has 2 aromatic carbocycles. The number of carboxylic acids is 1. The number of hydrogen-bond donors (Lipinski definition) is 1. The summed E-state index contributed by atoms with van der Waals surface area (Å²) in [5.41, 5.74) is 3.05. The van der Waals surface area contributed by atoms with Gasteiger partial charge >= 0.3 is 5.97 Å². The number of benzene rings is 2. The normalized spacial score (nSPS) is 15.6. The summed E-state index contributed by atoms with van der Waals surface area (Å²) in [6.07, 6.45) is 0. The van der Waals surface area contributed by atoms with E-state index in [0.717, 1.165) is 5.57 Å². The Morgan fingerprint density at radius 1 is 1.12 bits per heavy atom. The lowest BCUT2D eigenvalue weighted by Crippen LogP contribution is -2.42. The zero-order chi connectivity index (χ0) is 19.0. The molecule has 6 heteroatoms. The summed E-state index contributed by atoms with van der Waals surface area (Å²) in [7, 11) is 1.55. The Hall–Kier alpha value is -2.79. The minimum Gasteiger partial charge on any atom is -0.497 e. The van der Waals surface area contributed by atoms with Crippen molar-refractivity contribution in [2.45, 2.75) is 19.9 Å². The molecule has 2 aromatic rings. The highest BCUT2D eigenvalue weighted by Gasteiger charge is 2.43. The van der Waals surface area contributed by atoms with Crippen molar-refractivity contribution in [3.05, 3.63) is 64.2 Å². The molecule has 1 aliphatic heterocycles. The second-order valence-corrected chi connectivity index (χ2v) is 6.66. The first-order valence-corrected chi connectivity index (χ1v) is 8.40. The van der Waals surface area contributed by atoms with E-state index in [9.17, 15) is 14.7 Å². The molecule has 1 atom stereocenters. The van der Waals surface area contributed by atoms with Crippen LogP contribution in [0.15, 0.2) is 48.0 Å². The Kier molecular flexibility index (Phi) is 4.74. The van der Waals surface area contributed by atoms with Crippen molar-refractivity contribution in [3.63, 3.8) is 0 Å². The van der Waals surface area contributed by atoms with Gasteiger partial charge in [0.25, 0.3) is 5.91 Å². The second-order valence-electron chi connectivity index (χ2n) is 6.22. The van der Waals surface area contributed by atoms with Crippen molar-refractivity contribution in [2.75, 3.05) is 12.0 Å². The Morgan fingerprint density at radius 2 is 1.77 bits per heavy atom. The quantitative estimate of drug-likeness (QED) is 0.875. The molecule has 5 nitrogen and oxygen atoms in total. The van der Waals surface area contributed by atoms with Crippen LogP contribution in [0.25, 0.3) is 5.57 Å². The number of amides is 1. The molecule has 0 saturated heterocycles. The van der Waals surface area contributed by atoms with Gasteiger partial charge in [0.15, 0.2) is 6.04 Å². The number of hydrogen-bond acceptors (Lipinski definition) is 3. The monoisotopic (exact) mass is 371 g/mol. The molecule has 134 valence electrons. The number of halogens is 1. The van der Waals surface area contributed by atoms with Gasteiger partial charge < -0.3 is 9.84 Å². The number of carboxylic acid groups (broad SMARTS) is 1. The molecule has 26 heavy (non-hydrogen) atoms. The number of anilines is 1. The molecule has 1 amide bonds. The highest BCUT2D eigenvalue weighted by molar-refractivity contribution is 6.30. The number of allylic oxidation sites excluding steroid dienone is 1. The molecule has 0 radical (unpaired) electrons. The van der Waals surface area contributed by atoms with Gasteiger partial charge in [-0.1, -0.05) is 17.2 Å². The first kappa shape index (κ1) is 18.0. The summed E-state index contributed by atoms with van der Waals surface area (Å²) < 4.78 is 5.27. The zero-order valence-electron chi connectivity index (χ0n) is 14.6. The number of rotatable bonds is 3. The van der Waals surface area contributed by atoms with Gasteiger partial charge in [0.05, 0.1) is 12.8 Å². The van der Waals surface area contributed by atoms with Crippen LogP contribution < -0.4 is 9.64 Å². The highest BCUT2D eigenvalue weighted by atomic mass is 35.5. The van der Waals surface area contributed by atoms with Gasteiger partial charge in [0.2, 0.25) is 0 Å². The van der Waals surface area contributed by atoms with Gasteiger partial charge in [0.1, 0.15) is 5.75 Å². The van der Waals surface area contributed by atoms with Crippen molar-refractivity contribution >= 4 is 34.7 Å². The predicted octanol–water partition coefficient (Wildman–Crippen LogP) is 4.26. The molecule has 1 unspecified atom stereocenters. The highest BCUT2D eigenvalue weighted by Crippen LogP contribution is 2.44. The van der Waals surface area contributed by atoms with Crippen molar-refractivity contribution < 1.29 is 19.4 Å². The van der Waals surface area contributed by atoms with Crippen molar-refractivity contribution in [2.24, 2.45) is 0 Å². The lowest BCUT2D eigenvalue weighted by atomic mass is 9.97. The molecule has 1 N–H and O–H groups in total. The van der Waals surface area contributed by atoms with Gasteiger partial charge in [-0.15, -0.1) is 0 Å². The van der Waals surface area contributed by atoms with Gasteiger partial charge in [0, 0.05) is 16.1 Å². The number of nitrogens with zero attached hydrogens (tertiary/aromatic N) is 1. The molecule has 0 saturated carbocycles. The van der Waals surface area contributed by atoms with E-state index in [1.807, 2.05) is 13.8 Å². The van der Waals surface area contributed by atoms with E-state index >= 15 is 0 Å². The van der Waals surface area contributed by atoms with E-state index in [1.165, 1.54) is 4.90 Å². The maximum atomic E-state index is 13.1. The largest absolute Gasteiger partial charge is 0.497 e. The van der Waals surface area contributed by atoms with Crippen molar-refractivity contribution in [1.29, 1.82) is 0 Å². The molecule has 1 aliphatic rings. The molecule has 0 aliphatic carbocycles. The number of fused-ring (bicyclic) bond motifs is 1. The fourth-order valence-corrected chi connectivity index (χ4v) is 3.34. The fourth-order valence-electron chi connectivity index (χ4n) is 3.22. The van der Waals surface area contributed by atoms with Crippen LogP contribution in [0, 0.1) is 0 Å². The van der Waals surface area contributed by atoms with Gasteiger partial charge in [-0.25, -0.2) is 4.79 Å². The molecule has 3 rings (SSSR count). The maximum Gasteiger partial charge on any atom is 0.331 e. The van der Waals surface area contributed by atoms with Crippen molar-refractivity contribution in [1.82, 2.24) is 0 Å². The standard InChI is InChI=1S/C20H18ClNO4/c1-11(2)17-15-10-14(26-3)8-9-16(15)22(18(17)20(24)25)19(23)12-4-6-13(21)7-5-12/h4-10,18H,1-3H3,(H,24,25). The summed E-state index contributed by atoms with van der Waals surface area (Å²) in [5, 5.41) is 10.4. The van der Waals surface area contributed by atoms with E-state index < -0.39 is 17.9 Å². The van der Waals surface area contributed by atoms with Gasteiger partial charge in [-0.2, -0.15) is 0 Å². The predicted molar refractivity (Wildman–Crippen MR) is 101 cm³/mol. The third-order valence-corrected chi connectivity index (χ3v) is 4.62. The number of carbonyl (C=O) groups is 2. The molecule has 1 heterocycles. The minimum absolute atomic E-state index is 0.373. The van der Waals surface area contributed by atoms with Crippen LogP contribution in [-0.4, -0.2) is 30.1 Å². The van der Waals surface area contributed by atoms with Crippen LogP contribution in [0.5, 0.6) is 5.75 Å². The molecular formula is C20H18ClNO4. The van der Waals surface area contributed by atoms with E-state index in [2.05, 4.69) is 0 Å². The van der Waals surface area contributed by atoms with Crippen LogP contribution in [-0.2, 0) is 4.79 Å². The number of carbonyl (C=O) groups excluding carboxylic acids is 1. The summed E-state index contributed by atoms with van der Waals surface area (Å²) >= 11 is 5.89. The van der Waals surface area contributed by atoms with E-state index in [0.29, 0.717) is 33.2 Å². The van der Waals surface area contributed by atoms with Crippen LogP contribution in [0.4, 0.5) is 5.69 Å². The maximum absolute atomic E-state index is 13.1. The zero-order valence-corrected chi connectivity index (χ0v) is 15.4. The molecule has 0 bridgehead atoms. The van der Waals surface area contributed by atoms with E-state index in [4.69, 9.17) is 16.3 Å². The van der Waals surface area contributed by atoms with Crippen LogP contribution in [0.3, 0.4) is 0 Å². The fraction of sp³-hybridized carbons (Fsp3) is 0.200. The Labute approximate surface area is 156 Å². The third-order valence-electron chi connectivity index (χ3n) is 4.37. The van der Waals surface area contributed by atoms with Crippen LogP contribution >= 0.6 is 11.6 Å². The van der Waals surface area contributed by atoms with E-state index in [1.54, 1.807) is 49.6 Å². The lowest BCUT2D eigenvalue weighted by Gasteiger charge is -2.23. The third kappa shape index (κ3) is 2.95. The van der Waals surface area contributed by atoms with Crippen molar-refractivity contribution in [3.8, 4) is 5.75 Å². The lowest BCUT2D eigenvalue weighted by molar-refractivity contribution is -0.136. The summed E-state index contributed by atoms with van der Waals surface area (Å²) in [6.45, 7) is 3.68. The summed E-state index contributed by atoms with van der Waals surface area (Å²) in [4.78, 5) is 26.5. The molecule has 0 fully saturated rings. The Bertz CT molecular complexity index is 914. The Balaban J connectivity index is 2.20. The van der Waals surface area contributed by atoms with Gasteiger partial charge in [-0.3, -0.25) is 9.69 Å². The number of ether oxygens (including phenoxy) is 1. The molecule has 0 aromatic heterocycles. The first-order chi connectivity index (χ1) is 12.3. The molecule has 0 spiro atoms. The summed E-state index contributed by atoms with van der Waals surface area (Å²) in [5.74, 6) is -0.872. The minimum atomic E-state index is -1.09. The first-order valence-electron chi connectivity index (χ1n) is 8.03. The number of methoxy groups -OCH3 is 1.